The Bertz CT molecular complexity index is 633. The first-order valence-electron chi connectivity index (χ1n) is 6.95. The fourth-order valence-electron chi connectivity index (χ4n) is 3.26. The van der Waals surface area contributed by atoms with E-state index >= 15 is 0 Å². The second-order valence-corrected chi connectivity index (χ2v) is 7.79. The number of rotatable bonds is 2. The molecule has 2 fully saturated rings. The lowest BCUT2D eigenvalue weighted by molar-refractivity contribution is -0.161. The molecule has 0 aromatic rings. The highest BCUT2D eigenvalue weighted by atomic mass is 32.2. The van der Waals surface area contributed by atoms with Crippen LogP contribution in [0, 0.1) is 0 Å². The van der Waals surface area contributed by atoms with Crippen molar-refractivity contribution >= 4 is 21.7 Å². The van der Waals surface area contributed by atoms with E-state index in [0.29, 0.717) is 18.7 Å². The van der Waals surface area contributed by atoms with Crippen LogP contribution in [0.5, 0.6) is 0 Å². The Kier molecular flexibility index (Phi) is 3.32. The van der Waals surface area contributed by atoms with E-state index in [9.17, 15) is 18.0 Å². The van der Waals surface area contributed by atoms with Crippen molar-refractivity contribution in [1.29, 1.82) is 0 Å². The number of nitrogens with zero attached hydrogens (tertiary/aromatic N) is 2. The third-order valence-corrected chi connectivity index (χ3v) is 6.30. The van der Waals surface area contributed by atoms with Gasteiger partial charge in [-0.2, -0.15) is 0 Å². The van der Waals surface area contributed by atoms with Crippen molar-refractivity contribution in [3.8, 4) is 0 Å². The topological polar surface area (TPSA) is 84.0 Å². The predicted molar refractivity (Wildman–Crippen MR) is 73.7 cm³/mol. The van der Waals surface area contributed by atoms with Crippen LogP contribution in [0.2, 0.25) is 0 Å². The molecule has 0 N–H and O–H groups in total. The second-order valence-electron chi connectivity index (χ2n) is 5.69. The Labute approximate surface area is 123 Å². The molecular weight excluding hydrogens is 296 g/mol. The number of carbonyl (C=O) groups is 2. The van der Waals surface area contributed by atoms with Crippen molar-refractivity contribution in [1.82, 2.24) is 9.80 Å². The minimum Gasteiger partial charge on any atom is -0.368 e. The fraction of sp³-hybridized carbons (Fsp3) is 0.692. The smallest absolute Gasteiger partial charge is 0.270 e. The summed E-state index contributed by atoms with van der Waals surface area (Å²) in [7, 11) is -2.20. The molecule has 8 heteroatoms. The molecule has 116 valence electrons. The van der Waals surface area contributed by atoms with Crippen LogP contribution >= 0.6 is 0 Å². The molecular formula is C13H18N2O5S. The van der Waals surface area contributed by atoms with Crippen LogP contribution in [-0.2, 0) is 24.2 Å². The van der Waals surface area contributed by atoms with Crippen molar-refractivity contribution in [2.75, 3.05) is 26.0 Å². The summed E-state index contributed by atoms with van der Waals surface area (Å²) in [4.78, 5) is 27.5. The third-order valence-electron chi connectivity index (χ3n) is 4.27. The standard InChI is InChI=1S/C13H18N2O5S/c1-8-7-21(18,19)13-10(20-2)12(17)15(13)9(8)11(16)14-5-3-4-6-14/h10,13H,3-7H2,1-2H3/t10-,13+/m0/s1. The van der Waals surface area contributed by atoms with E-state index < -0.39 is 27.2 Å². The highest BCUT2D eigenvalue weighted by Gasteiger charge is 2.60. The normalized spacial score (nSPS) is 31.2. The summed E-state index contributed by atoms with van der Waals surface area (Å²) in [6.45, 7) is 2.91. The molecule has 0 unspecified atom stereocenters. The summed E-state index contributed by atoms with van der Waals surface area (Å²) < 4.78 is 29.4. The SMILES string of the molecule is CO[C@H]1C(=O)N2C(C(=O)N3CCCC3)=C(C)CS(=O)(=O)[C@H]12. The minimum atomic E-state index is -3.51. The lowest BCUT2D eigenvalue weighted by Gasteiger charge is -2.48. The summed E-state index contributed by atoms with van der Waals surface area (Å²) in [6.07, 6.45) is 0.882. The van der Waals surface area contributed by atoms with E-state index in [1.807, 2.05) is 0 Å². The van der Waals surface area contributed by atoms with Crippen molar-refractivity contribution in [3.05, 3.63) is 11.3 Å². The molecule has 3 heterocycles. The van der Waals surface area contributed by atoms with Crippen LogP contribution in [0.15, 0.2) is 11.3 Å². The maximum Gasteiger partial charge on any atom is 0.270 e. The number of carbonyl (C=O) groups excluding carboxylic acids is 2. The first-order valence-corrected chi connectivity index (χ1v) is 8.66. The number of fused-ring (bicyclic) bond motifs is 1. The molecule has 0 aromatic carbocycles. The quantitative estimate of drug-likeness (QED) is 0.641. The zero-order valence-corrected chi connectivity index (χ0v) is 12.9. The van der Waals surface area contributed by atoms with Gasteiger partial charge in [0, 0.05) is 20.2 Å². The maximum atomic E-state index is 12.6. The van der Waals surface area contributed by atoms with Gasteiger partial charge in [0.2, 0.25) is 0 Å². The Morgan fingerprint density at radius 3 is 2.48 bits per heavy atom. The van der Waals surface area contributed by atoms with Gasteiger partial charge in [0.05, 0.1) is 5.75 Å². The van der Waals surface area contributed by atoms with Crippen molar-refractivity contribution < 1.29 is 22.7 Å². The molecule has 7 nitrogen and oxygen atoms in total. The summed E-state index contributed by atoms with van der Waals surface area (Å²) in [5, 5.41) is -1.06. The molecule has 0 spiro atoms. The molecule has 2 amide bonds. The highest BCUT2D eigenvalue weighted by Crippen LogP contribution is 2.38. The number of amides is 2. The third kappa shape index (κ3) is 2.00. The van der Waals surface area contributed by atoms with Gasteiger partial charge in [0.25, 0.3) is 11.8 Å². The lowest BCUT2D eigenvalue weighted by atomic mass is 10.0. The predicted octanol–water partition coefficient (Wildman–Crippen LogP) is -0.505. The molecule has 0 radical (unpaired) electrons. The van der Waals surface area contributed by atoms with Crippen LogP contribution in [0.1, 0.15) is 19.8 Å². The summed E-state index contributed by atoms with van der Waals surface area (Å²) >= 11 is 0. The monoisotopic (exact) mass is 314 g/mol. The summed E-state index contributed by atoms with van der Waals surface area (Å²) in [5.74, 6) is -0.892. The minimum absolute atomic E-state index is 0.198. The van der Waals surface area contributed by atoms with Gasteiger partial charge in [0.15, 0.2) is 21.3 Å². The molecule has 0 aromatic heterocycles. The van der Waals surface area contributed by atoms with E-state index in [1.54, 1.807) is 11.8 Å². The Morgan fingerprint density at radius 1 is 1.29 bits per heavy atom. The van der Waals surface area contributed by atoms with Gasteiger partial charge in [-0.15, -0.1) is 0 Å². The zero-order chi connectivity index (χ0) is 15.4. The average molecular weight is 314 g/mol. The van der Waals surface area contributed by atoms with Crippen molar-refractivity contribution in [2.45, 2.75) is 31.2 Å². The van der Waals surface area contributed by atoms with E-state index in [2.05, 4.69) is 0 Å². The summed E-state index contributed by atoms with van der Waals surface area (Å²) in [6, 6.07) is 0. The highest BCUT2D eigenvalue weighted by molar-refractivity contribution is 7.92. The average Bonchev–Trinajstić information content (AvgIpc) is 2.92. The zero-order valence-electron chi connectivity index (χ0n) is 12.0. The number of hydrogen-bond donors (Lipinski definition) is 0. The molecule has 3 rings (SSSR count). The van der Waals surface area contributed by atoms with E-state index in [-0.39, 0.29) is 17.4 Å². The van der Waals surface area contributed by atoms with Crippen molar-refractivity contribution in [3.63, 3.8) is 0 Å². The van der Waals surface area contributed by atoms with Crippen molar-refractivity contribution in [2.24, 2.45) is 0 Å². The van der Waals surface area contributed by atoms with E-state index in [0.717, 1.165) is 17.7 Å². The van der Waals surface area contributed by atoms with E-state index in [4.69, 9.17) is 4.74 Å². The molecule has 0 saturated carbocycles. The van der Waals surface area contributed by atoms with E-state index in [1.165, 1.54) is 7.11 Å². The van der Waals surface area contributed by atoms with Crippen LogP contribution in [0.3, 0.4) is 0 Å². The van der Waals surface area contributed by atoms with Crippen LogP contribution in [0.4, 0.5) is 0 Å². The van der Waals surface area contributed by atoms with Crippen LogP contribution in [0.25, 0.3) is 0 Å². The number of β-lactam (4-membered cyclic amide) rings is 1. The van der Waals surface area contributed by atoms with Gasteiger partial charge in [0.1, 0.15) is 5.70 Å². The number of ether oxygens (including phenoxy) is 1. The number of hydrogen-bond acceptors (Lipinski definition) is 5. The molecule has 21 heavy (non-hydrogen) atoms. The molecule has 0 aliphatic carbocycles. The van der Waals surface area contributed by atoms with Gasteiger partial charge in [-0.25, -0.2) is 8.42 Å². The molecule has 0 bridgehead atoms. The summed E-state index contributed by atoms with van der Waals surface area (Å²) in [5.41, 5.74) is 0.668. The van der Waals surface area contributed by atoms with Crippen LogP contribution in [-0.4, -0.2) is 67.5 Å². The fourth-order valence-corrected chi connectivity index (χ4v) is 5.30. The molecule has 3 aliphatic heterocycles. The molecule has 2 saturated heterocycles. The number of sulfone groups is 1. The first kappa shape index (κ1) is 14.5. The maximum absolute atomic E-state index is 12.6. The Balaban J connectivity index is 2.00. The van der Waals surface area contributed by atoms with Gasteiger partial charge in [-0.1, -0.05) is 0 Å². The number of likely N-dealkylation sites (tertiary alicyclic amines) is 1. The van der Waals surface area contributed by atoms with Gasteiger partial charge in [-0.3, -0.25) is 14.5 Å². The molecule has 3 aliphatic rings. The van der Waals surface area contributed by atoms with Gasteiger partial charge in [-0.05, 0) is 25.3 Å². The largest absolute Gasteiger partial charge is 0.368 e. The van der Waals surface area contributed by atoms with Crippen LogP contribution < -0.4 is 0 Å². The first-order chi connectivity index (χ1) is 9.88. The lowest BCUT2D eigenvalue weighted by Crippen LogP contribution is -2.71. The number of methoxy groups -OCH3 is 1. The second kappa shape index (κ2) is 4.81. The van der Waals surface area contributed by atoms with Gasteiger partial charge < -0.3 is 9.64 Å². The Morgan fingerprint density at radius 2 is 1.90 bits per heavy atom. The van der Waals surface area contributed by atoms with Gasteiger partial charge >= 0.3 is 0 Å². The Hall–Kier alpha value is -1.41. The molecule has 2 atom stereocenters.